The molecule has 6 nitrogen and oxygen atoms in total. The Kier molecular flexibility index (Phi) is 62.2. The monoisotopic (exact) mass is 1070 g/mol. The number of rotatable bonds is 60. The first-order valence-corrected chi connectivity index (χ1v) is 33.1. The Morgan fingerprint density at radius 2 is 0.494 bits per heavy atom. The lowest BCUT2D eigenvalue weighted by Gasteiger charge is -2.18. The molecule has 0 aliphatic rings. The molecule has 0 aromatic carbocycles. The van der Waals surface area contributed by atoms with Crippen LogP contribution in [0.2, 0.25) is 0 Å². The molecule has 0 spiro atoms. The average Bonchev–Trinajstić information content (AvgIpc) is 3.43. The number of carbonyl (C=O) groups is 3. The Morgan fingerprint density at radius 1 is 0.260 bits per heavy atom. The number of unbranched alkanes of at least 4 members (excludes halogenated alkanes) is 35. The average molecular weight is 1070 g/mol. The Labute approximate surface area is 477 Å². The molecule has 77 heavy (non-hydrogen) atoms. The zero-order chi connectivity index (χ0) is 55.7. The van der Waals surface area contributed by atoms with Gasteiger partial charge in [-0.15, -0.1) is 0 Å². The Bertz CT molecular complexity index is 1470. The van der Waals surface area contributed by atoms with Gasteiger partial charge in [0.1, 0.15) is 13.2 Å². The molecule has 0 aliphatic heterocycles. The summed E-state index contributed by atoms with van der Waals surface area (Å²) in [6.45, 7) is 6.58. The number of esters is 3. The van der Waals surface area contributed by atoms with E-state index in [2.05, 4.69) is 99.8 Å². The van der Waals surface area contributed by atoms with Gasteiger partial charge in [0.2, 0.25) is 0 Å². The van der Waals surface area contributed by atoms with Gasteiger partial charge in [-0.3, -0.25) is 14.4 Å². The van der Waals surface area contributed by atoms with Gasteiger partial charge in [-0.1, -0.05) is 286 Å². The summed E-state index contributed by atoms with van der Waals surface area (Å²) in [5, 5.41) is 0. The molecule has 0 aromatic heterocycles. The number of carbonyl (C=O) groups excluding carboxylic acids is 3. The minimum atomic E-state index is -0.819. The van der Waals surface area contributed by atoms with E-state index in [9.17, 15) is 14.4 Å². The molecule has 0 fully saturated rings. The van der Waals surface area contributed by atoms with E-state index >= 15 is 0 Å². The molecule has 0 saturated heterocycles. The highest BCUT2D eigenvalue weighted by Gasteiger charge is 2.19. The van der Waals surface area contributed by atoms with E-state index in [1.807, 2.05) is 6.08 Å². The molecule has 0 saturated carbocycles. The molecule has 0 bridgehead atoms. The van der Waals surface area contributed by atoms with Crippen LogP contribution in [0.4, 0.5) is 0 Å². The van der Waals surface area contributed by atoms with Crippen molar-refractivity contribution < 1.29 is 28.6 Å². The van der Waals surface area contributed by atoms with Gasteiger partial charge < -0.3 is 14.2 Å². The fourth-order valence-corrected chi connectivity index (χ4v) is 9.36. The largest absolute Gasteiger partial charge is 0.462 e. The van der Waals surface area contributed by atoms with Crippen LogP contribution >= 0.6 is 0 Å². The third-order valence-electron chi connectivity index (χ3n) is 14.4. The predicted molar refractivity (Wildman–Crippen MR) is 334 cm³/mol. The normalized spacial score (nSPS) is 12.6. The summed E-state index contributed by atoms with van der Waals surface area (Å²) in [7, 11) is 0. The van der Waals surface area contributed by atoms with Crippen LogP contribution in [-0.4, -0.2) is 37.2 Å². The highest BCUT2D eigenvalue weighted by atomic mass is 16.6. The summed E-state index contributed by atoms with van der Waals surface area (Å²) in [6.07, 6.45) is 86.0. The highest BCUT2D eigenvalue weighted by molar-refractivity contribution is 5.71. The van der Waals surface area contributed by atoms with Crippen molar-refractivity contribution in [2.45, 2.75) is 335 Å². The molecular formula is C71H124O6. The van der Waals surface area contributed by atoms with Crippen molar-refractivity contribution in [3.63, 3.8) is 0 Å². The number of hydrogen-bond acceptors (Lipinski definition) is 6. The van der Waals surface area contributed by atoms with Crippen molar-refractivity contribution >= 4 is 17.9 Å². The van der Waals surface area contributed by atoms with Gasteiger partial charge in [0.25, 0.3) is 0 Å². The van der Waals surface area contributed by atoms with Gasteiger partial charge in [0.05, 0.1) is 0 Å². The van der Waals surface area contributed by atoms with Gasteiger partial charge in [0, 0.05) is 19.3 Å². The lowest BCUT2D eigenvalue weighted by molar-refractivity contribution is -0.166. The minimum absolute atomic E-state index is 0.105. The third-order valence-corrected chi connectivity index (χ3v) is 14.4. The van der Waals surface area contributed by atoms with Crippen LogP contribution in [0.1, 0.15) is 329 Å². The fourth-order valence-electron chi connectivity index (χ4n) is 9.36. The highest BCUT2D eigenvalue weighted by Crippen LogP contribution is 2.16. The second-order valence-corrected chi connectivity index (χ2v) is 22.0. The summed E-state index contributed by atoms with van der Waals surface area (Å²) in [4.78, 5) is 38.3. The first-order valence-electron chi connectivity index (χ1n) is 33.1. The molecule has 0 N–H and O–H groups in total. The van der Waals surface area contributed by atoms with Crippen LogP contribution in [-0.2, 0) is 28.6 Å². The van der Waals surface area contributed by atoms with Crippen molar-refractivity contribution in [1.82, 2.24) is 0 Å². The zero-order valence-electron chi connectivity index (χ0n) is 51.0. The Hall–Kier alpha value is -3.41. The molecule has 444 valence electrons. The lowest BCUT2D eigenvalue weighted by Crippen LogP contribution is -2.30. The van der Waals surface area contributed by atoms with Crippen LogP contribution in [0.15, 0.2) is 85.1 Å². The number of allylic oxidation sites excluding steroid dienone is 14. The SMILES string of the molecule is CCCCC/C=C\C/C=C\C/C=C\C/C=C\C/C=C\CCC(=O)O[C@@H](COC(=O)CCCCCCCCCCC/C=C\CCCCCCCC)COC(=O)CCCCCCCCCCCCC/C=C\CCCCCCCC. The van der Waals surface area contributed by atoms with E-state index in [1.165, 1.54) is 218 Å². The van der Waals surface area contributed by atoms with E-state index in [-0.39, 0.29) is 37.5 Å². The van der Waals surface area contributed by atoms with E-state index in [4.69, 9.17) is 14.2 Å². The van der Waals surface area contributed by atoms with Crippen molar-refractivity contribution in [1.29, 1.82) is 0 Å². The molecule has 0 rings (SSSR count). The first-order chi connectivity index (χ1) is 38.0. The standard InChI is InChI=1S/C71H124O6/c1-4-7-10-13-16-19-22-25-28-31-34-35-38-40-43-46-49-52-55-58-61-64-70(73)76-67-68(77-71(74)65-62-59-56-53-50-47-44-41-37-33-30-27-24-21-18-15-12-9-6-3)66-75-69(72)63-60-57-54-51-48-45-42-39-36-32-29-26-23-20-17-14-11-8-5-2/h18,21,25-30,37,41,47,50,56,59,68H,4-17,19-20,22-24,31-36,38-40,42-46,48-49,51-55,57-58,60-67H2,1-3H3/b21-18-,28-25-,29-26-,30-27-,41-37-,50-47-,59-56-/t68-/m0/s1. The smallest absolute Gasteiger partial charge is 0.306 e. The Balaban J connectivity index is 4.45. The molecule has 0 amide bonds. The van der Waals surface area contributed by atoms with Gasteiger partial charge in [-0.2, -0.15) is 0 Å². The van der Waals surface area contributed by atoms with E-state index in [0.717, 1.165) is 64.2 Å². The molecule has 0 radical (unpaired) electrons. The third kappa shape index (κ3) is 63.3. The Morgan fingerprint density at radius 3 is 0.818 bits per heavy atom. The maximum absolute atomic E-state index is 12.9. The van der Waals surface area contributed by atoms with Crippen molar-refractivity contribution in [3.8, 4) is 0 Å². The predicted octanol–water partition coefficient (Wildman–Crippen LogP) is 22.7. The maximum Gasteiger partial charge on any atom is 0.306 e. The zero-order valence-corrected chi connectivity index (χ0v) is 51.0. The molecule has 0 unspecified atom stereocenters. The van der Waals surface area contributed by atoms with Gasteiger partial charge in [-0.05, 0) is 109 Å². The molecular weight excluding hydrogens is 949 g/mol. The number of hydrogen-bond donors (Lipinski definition) is 0. The maximum atomic E-state index is 12.9. The minimum Gasteiger partial charge on any atom is -0.462 e. The molecule has 0 heterocycles. The summed E-state index contributed by atoms with van der Waals surface area (Å²) < 4.78 is 16.9. The van der Waals surface area contributed by atoms with Crippen molar-refractivity contribution in [2.24, 2.45) is 0 Å². The molecule has 1 atom stereocenters. The van der Waals surface area contributed by atoms with Gasteiger partial charge in [0.15, 0.2) is 6.10 Å². The van der Waals surface area contributed by atoms with Crippen LogP contribution < -0.4 is 0 Å². The van der Waals surface area contributed by atoms with Crippen LogP contribution in [0.5, 0.6) is 0 Å². The van der Waals surface area contributed by atoms with Crippen molar-refractivity contribution in [3.05, 3.63) is 85.1 Å². The van der Waals surface area contributed by atoms with E-state index < -0.39 is 6.10 Å². The van der Waals surface area contributed by atoms with Crippen LogP contribution in [0.25, 0.3) is 0 Å². The molecule has 0 aromatic rings. The van der Waals surface area contributed by atoms with Crippen LogP contribution in [0, 0.1) is 0 Å². The molecule has 6 heteroatoms. The topological polar surface area (TPSA) is 78.9 Å². The first kappa shape index (κ1) is 73.6. The second-order valence-electron chi connectivity index (χ2n) is 22.0. The quantitative estimate of drug-likeness (QED) is 0.0261. The summed E-state index contributed by atoms with van der Waals surface area (Å²) >= 11 is 0. The summed E-state index contributed by atoms with van der Waals surface area (Å²) in [5.74, 6) is -0.978. The summed E-state index contributed by atoms with van der Waals surface area (Å²) in [5.41, 5.74) is 0. The number of ether oxygens (including phenoxy) is 3. The molecule has 0 aliphatic carbocycles. The van der Waals surface area contributed by atoms with E-state index in [0.29, 0.717) is 19.3 Å². The van der Waals surface area contributed by atoms with Crippen LogP contribution in [0.3, 0.4) is 0 Å². The van der Waals surface area contributed by atoms with Gasteiger partial charge in [-0.25, -0.2) is 0 Å². The van der Waals surface area contributed by atoms with E-state index in [1.54, 1.807) is 0 Å². The second kappa shape index (κ2) is 65.1. The van der Waals surface area contributed by atoms with Crippen molar-refractivity contribution in [2.75, 3.05) is 13.2 Å². The fraction of sp³-hybridized carbons (Fsp3) is 0.761. The van der Waals surface area contributed by atoms with Gasteiger partial charge >= 0.3 is 17.9 Å². The summed E-state index contributed by atoms with van der Waals surface area (Å²) in [6, 6.07) is 0. The lowest BCUT2D eigenvalue weighted by atomic mass is 10.0.